The van der Waals surface area contributed by atoms with E-state index in [9.17, 15) is 4.79 Å². The van der Waals surface area contributed by atoms with Crippen LogP contribution in [0.25, 0.3) is 11.1 Å². The number of aromatic nitrogens is 1. The fourth-order valence-corrected chi connectivity index (χ4v) is 2.75. The van der Waals surface area contributed by atoms with Crippen LogP contribution in [0.4, 0.5) is 0 Å². The van der Waals surface area contributed by atoms with Crippen molar-refractivity contribution in [2.45, 2.75) is 18.9 Å². The van der Waals surface area contributed by atoms with Crippen molar-refractivity contribution in [2.24, 2.45) is 0 Å². The van der Waals surface area contributed by atoms with E-state index in [0.717, 1.165) is 35.9 Å². The molecule has 1 unspecified atom stereocenters. The van der Waals surface area contributed by atoms with E-state index < -0.39 is 0 Å². The largest absolute Gasteiger partial charge is 0.420 e. The summed E-state index contributed by atoms with van der Waals surface area (Å²) in [7, 11) is 0. The number of fused-ring (bicyclic) bond motifs is 1. The number of hydrogen-bond acceptors (Lipinski definition) is 3. The Balaban J connectivity index is 2.14. The molecule has 0 spiro atoms. The average molecular weight is 297 g/mol. The lowest BCUT2D eigenvalue weighted by Gasteiger charge is -2.23. The fourth-order valence-electron chi connectivity index (χ4n) is 2.41. The highest BCUT2D eigenvalue weighted by molar-refractivity contribution is 9.10. The molecule has 4 nitrogen and oxygen atoms in total. The molecule has 0 saturated carbocycles. The molecule has 3 rings (SSSR count). The molecule has 1 atom stereocenters. The van der Waals surface area contributed by atoms with Crippen LogP contribution in [0, 0.1) is 0 Å². The molecule has 1 N–H and O–H groups in total. The fraction of sp³-hybridized carbons (Fsp3) is 0.417. The Kier molecular flexibility index (Phi) is 2.80. The first-order valence-corrected chi connectivity index (χ1v) is 6.56. The van der Waals surface area contributed by atoms with Gasteiger partial charge in [-0.1, -0.05) is 15.9 Å². The quantitative estimate of drug-likeness (QED) is 0.878. The van der Waals surface area contributed by atoms with Crippen LogP contribution in [0.2, 0.25) is 0 Å². The van der Waals surface area contributed by atoms with Crippen molar-refractivity contribution >= 4 is 27.0 Å². The molecule has 1 saturated heterocycles. The van der Waals surface area contributed by atoms with E-state index in [1.165, 1.54) is 0 Å². The molecule has 0 amide bonds. The summed E-state index contributed by atoms with van der Waals surface area (Å²) in [5.74, 6) is -0.258. The molecule has 17 heavy (non-hydrogen) atoms. The standard InChI is InChI=1S/C12H13BrN2O2/c13-8-3-4-10-11(6-8)17-12(16)15(10)9-2-1-5-14-7-9/h3-4,6,9,14H,1-2,5,7H2. The zero-order chi connectivity index (χ0) is 11.8. The summed E-state index contributed by atoms with van der Waals surface area (Å²) in [6, 6.07) is 5.91. The van der Waals surface area contributed by atoms with Gasteiger partial charge in [-0.15, -0.1) is 0 Å². The van der Waals surface area contributed by atoms with Gasteiger partial charge >= 0.3 is 5.76 Å². The number of nitrogens with one attached hydrogen (secondary N) is 1. The van der Waals surface area contributed by atoms with Crippen molar-refractivity contribution in [1.82, 2.24) is 9.88 Å². The Morgan fingerprint density at radius 3 is 3.12 bits per heavy atom. The smallest absolute Gasteiger partial charge is 0.408 e. The van der Waals surface area contributed by atoms with Crippen LogP contribution >= 0.6 is 15.9 Å². The molecule has 5 heteroatoms. The minimum Gasteiger partial charge on any atom is -0.408 e. The highest BCUT2D eigenvalue weighted by atomic mass is 79.9. The zero-order valence-electron chi connectivity index (χ0n) is 9.28. The molecule has 1 fully saturated rings. The number of nitrogens with zero attached hydrogens (tertiary/aromatic N) is 1. The molecule has 1 aromatic carbocycles. The second kappa shape index (κ2) is 4.31. The van der Waals surface area contributed by atoms with E-state index in [4.69, 9.17) is 4.42 Å². The molecular weight excluding hydrogens is 284 g/mol. The Hall–Kier alpha value is -1.07. The summed E-state index contributed by atoms with van der Waals surface area (Å²) >= 11 is 3.38. The Morgan fingerprint density at radius 1 is 1.47 bits per heavy atom. The second-order valence-electron chi connectivity index (χ2n) is 4.35. The van der Waals surface area contributed by atoms with Gasteiger partial charge < -0.3 is 9.73 Å². The monoisotopic (exact) mass is 296 g/mol. The molecule has 0 bridgehead atoms. The molecule has 1 aromatic heterocycles. The average Bonchev–Trinajstić information content (AvgIpc) is 2.65. The van der Waals surface area contributed by atoms with Gasteiger partial charge in [-0.3, -0.25) is 4.57 Å². The van der Waals surface area contributed by atoms with E-state index in [-0.39, 0.29) is 11.8 Å². The molecule has 2 heterocycles. The summed E-state index contributed by atoms with van der Waals surface area (Å²) < 4.78 is 7.98. The SMILES string of the molecule is O=c1oc2cc(Br)ccc2n1C1CCCNC1. The van der Waals surface area contributed by atoms with Crippen LogP contribution in [-0.4, -0.2) is 17.7 Å². The van der Waals surface area contributed by atoms with Gasteiger partial charge in [0.15, 0.2) is 5.58 Å². The third-order valence-corrected chi connectivity index (χ3v) is 3.70. The van der Waals surface area contributed by atoms with E-state index in [1.807, 2.05) is 18.2 Å². The van der Waals surface area contributed by atoms with Gasteiger partial charge in [0, 0.05) is 11.0 Å². The highest BCUT2D eigenvalue weighted by Crippen LogP contribution is 2.24. The Morgan fingerprint density at radius 2 is 2.35 bits per heavy atom. The molecule has 0 radical (unpaired) electrons. The number of piperidine rings is 1. The van der Waals surface area contributed by atoms with E-state index >= 15 is 0 Å². The molecular formula is C12H13BrN2O2. The van der Waals surface area contributed by atoms with Crippen LogP contribution in [0.5, 0.6) is 0 Å². The first-order valence-electron chi connectivity index (χ1n) is 5.77. The van der Waals surface area contributed by atoms with E-state index in [2.05, 4.69) is 21.2 Å². The minimum absolute atomic E-state index is 0.207. The summed E-state index contributed by atoms with van der Waals surface area (Å²) in [5, 5.41) is 3.32. The van der Waals surface area contributed by atoms with Crippen LogP contribution < -0.4 is 11.1 Å². The Labute approximate surface area is 107 Å². The van der Waals surface area contributed by atoms with Crippen molar-refractivity contribution in [3.8, 4) is 0 Å². The predicted octanol–water partition coefficient (Wildman–Crippen LogP) is 2.28. The summed E-state index contributed by atoms with van der Waals surface area (Å²) in [5.41, 5.74) is 1.53. The molecule has 90 valence electrons. The van der Waals surface area contributed by atoms with Gasteiger partial charge in [0.25, 0.3) is 0 Å². The van der Waals surface area contributed by atoms with Crippen LogP contribution in [-0.2, 0) is 0 Å². The Bertz CT molecular complexity index is 596. The van der Waals surface area contributed by atoms with Crippen molar-refractivity contribution in [1.29, 1.82) is 0 Å². The predicted molar refractivity (Wildman–Crippen MR) is 69.3 cm³/mol. The first kappa shape index (κ1) is 11.0. The van der Waals surface area contributed by atoms with Gasteiger partial charge in [-0.25, -0.2) is 4.79 Å². The summed E-state index contributed by atoms with van der Waals surface area (Å²) in [6.45, 7) is 1.87. The topological polar surface area (TPSA) is 47.2 Å². The number of oxazole rings is 1. The lowest BCUT2D eigenvalue weighted by atomic mass is 10.1. The molecule has 1 aliphatic rings. The maximum Gasteiger partial charge on any atom is 0.420 e. The molecule has 1 aliphatic heterocycles. The van der Waals surface area contributed by atoms with Crippen molar-refractivity contribution < 1.29 is 4.42 Å². The lowest BCUT2D eigenvalue weighted by molar-refractivity contribution is 0.352. The summed E-state index contributed by atoms with van der Waals surface area (Å²) in [4.78, 5) is 11.9. The second-order valence-corrected chi connectivity index (χ2v) is 5.27. The van der Waals surface area contributed by atoms with Gasteiger partial charge in [-0.2, -0.15) is 0 Å². The molecule has 0 aliphatic carbocycles. The van der Waals surface area contributed by atoms with E-state index in [1.54, 1.807) is 4.57 Å². The van der Waals surface area contributed by atoms with Crippen molar-refractivity contribution in [3.63, 3.8) is 0 Å². The van der Waals surface area contributed by atoms with Gasteiger partial charge in [-0.05, 0) is 37.6 Å². The normalized spacial score (nSPS) is 20.9. The zero-order valence-corrected chi connectivity index (χ0v) is 10.9. The van der Waals surface area contributed by atoms with Crippen LogP contribution in [0.1, 0.15) is 18.9 Å². The maximum absolute atomic E-state index is 11.9. The van der Waals surface area contributed by atoms with Crippen LogP contribution in [0.15, 0.2) is 31.9 Å². The highest BCUT2D eigenvalue weighted by Gasteiger charge is 2.20. The third-order valence-electron chi connectivity index (χ3n) is 3.21. The summed E-state index contributed by atoms with van der Waals surface area (Å²) in [6.07, 6.45) is 2.12. The molecule has 2 aromatic rings. The van der Waals surface area contributed by atoms with Crippen molar-refractivity contribution in [3.05, 3.63) is 33.2 Å². The number of halogens is 1. The number of hydrogen-bond donors (Lipinski definition) is 1. The third kappa shape index (κ3) is 1.93. The van der Waals surface area contributed by atoms with E-state index in [0.29, 0.717) is 5.58 Å². The van der Waals surface area contributed by atoms with Gasteiger partial charge in [0.1, 0.15) is 0 Å². The number of rotatable bonds is 1. The first-order chi connectivity index (χ1) is 8.25. The van der Waals surface area contributed by atoms with Crippen molar-refractivity contribution in [2.75, 3.05) is 13.1 Å². The minimum atomic E-state index is -0.258. The maximum atomic E-state index is 11.9. The van der Waals surface area contributed by atoms with Gasteiger partial charge in [0.2, 0.25) is 0 Å². The lowest BCUT2D eigenvalue weighted by Crippen LogP contribution is -2.35. The van der Waals surface area contributed by atoms with Crippen LogP contribution in [0.3, 0.4) is 0 Å². The van der Waals surface area contributed by atoms with Gasteiger partial charge in [0.05, 0.1) is 11.6 Å². The number of benzene rings is 1.